The molecule has 1 heterocycles. The molecule has 0 aliphatic rings. The van der Waals surface area contributed by atoms with Gasteiger partial charge in [0.15, 0.2) is 5.69 Å². The van der Waals surface area contributed by atoms with Gasteiger partial charge in [-0.15, -0.1) is 0 Å². The van der Waals surface area contributed by atoms with Gasteiger partial charge in [-0.25, -0.2) is 4.79 Å². The van der Waals surface area contributed by atoms with E-state index in [1.807, 2.05) is 12.1 Å². The van der Waals surface area contributed by atoms with Crippen LogP contribution in [0.4, 0.5) is 13.2 Å². The van der Waals surface area contributed by atoms with Crippen LogP contribution in [0, 0.1) is 6.92 Å². The first-order valence-electron chi connectivity index (χ1n) is 8.94. The third-order valence-corrected chi connectivity index (χ3v) is 4.72. The van der Waals surface area contributed by atoms with Gasteiger partial charge in [-0.2, -0.15) is 18.3 Å². The smallest absolute Gasteiger partial charge is 0.416 e. The van der Waals surface area contributed by atoms with Crippen LogP contribution in [0.3, 0.4) is 0 Å². The molecule has 1 aromatic heterocycles. The zero-order valence-electron chi connectivity index (χ0n) is 15.7. The fourth-order valence-electron chi connectivity index (χ4n) is 3.11. The summed E-state index contributed by atoms with van der Waals surface area (Å²) in [6.45, 7) is 2.13. The molecule has 29 heavy (non-hydrogen) atoms. The zero-order chi connectivity index (χ0) is 21.2. The molecule has 1 N–H and O–H groups in total. The van der Waals surface area contributed by atoms with Crippen molar-refractivity contribution in [3.05, 3.63) is 82.2 Å². The van der Waals surface area contributed by atoms with E-state index in [4.69, 9.17) is 13.0 Å². The van der Waals surface area contributed by atoms with Gasteiger partial charge in [-0.3, -0.25) is 4.68 Å². The molecule has 2 aromatic carbocycles. The molecule has 0 aliphatic heterocycles. The summed E-state index contributed by atoms with van der Waals surface area (Å²) in [7, 11) is 5.91. The van der Waals surface area contributed by atoms with Gasteiger partial charge in [0.2, 0.25) is 0 Å². The van der Waals surface area contributed by atoms with E-state index in [9.17, 15) is 18.0 Å². The lowest BCUT2D eigenvalue weighted by Gasteiger charge is -2.13. The van der Waals surface area contributed by atoms with Crippen LogP contribution in [0.2, 0.25) is 0 Å². The van der Waals surface area contributed by atoms with Crippen LogP contribution < -0.4 is 5.46 Å². The summed E-state index contributed by atoms with van der Waals surface area (Å²) in [4.78, 5) is 11.1. The molecule has 0 unspecified atom stereocenters. The summed E-state index contributed by atoms with van der Waals surface area (Å²) in [5.41, 5.74) is 3.24. The molecule has 0 saturated carbocycles. The first-order chi connectivity index (χ1) is 13.6. The van der Waals surface area contributed by atoms with Crippen LogP contribution in [-0.4, -0.2) is 28.7 Å². The van der Waals surface area contributed by atoms with Crippen molar-refractivity contribution in [1.82, 2.24) is 9.78 Å². The number of hydrogen-bond donors (Lipinski definition) is 1. The fourth-order valence-corrected chi connectivity index (χ4v) is 3.11. The number of halogens is 3. The van der Waals surface area contributed by atoms with Crippen LogP contribution in [0.25, 0.3) is 0 Å². The Morgan fingerprint density at radius 1 is 1.07 bits per heavy atom. The van der Waals surface area contributed by atoms with E-state index in [0.29, 0.717) is 30.5 Å². The summed E-state index contributed by atoms with van der Waals surface area (Å²) in [5, 5.41) is 13.2. The molecule has 4 nitrogen and oxygen atoms in total. The van der Waals surface area contributed by atoms with Crippen LogP contribution in [0.1, 0.15) is 38.4 Å². The highest BCUT2D eigenvalue weighted by molar-refractivity contribution is 6.32. The van der Waals surface area contributed by atoms with Crippen molar-refractivity contribution in [2.45, 2.75) is 32.5 Å². The third-order valence-electron chi connectivity index (χ3n) is 4.72. The monoisotopic (exact) mass is 398 g/mol. The van der Waals surface area contributed by atoms with E-state index in [1.165, 1.54) is 18.2 Å². The molecule has 148 valence electrons. The molecular formula is C21H18BF3N2O2. The number of hydrogen-bond acceptors (Lipinski definition) is 2. The highest BCUT2D eigenvalue weighted by Crippen LogP contribution is 2.29. The Kier molecular flexibility index (Phi) is 5.82. The molecule has 0 spiro atoms. The van der Waals surface area contributed by atoms with Gasteiger partial charge in [0, 0.05) is 5.69 Å². The van der Waals surface area contributed by atoms with Gasteiger partial charge in [0.05, 0.1) is 12.1 Å². The second-order valence-corrected chi connectivity index (χ2v) is 6.86. The van der Waals surface area contributed by atoms with Crippen molar-refractivity contribution in [2.24, 2.45) is 0 Å². The van der Waals surface area contributed by atoms with Crippen LogP contribution in [-0.2, 0) is 25.6 Å². The molecule has 0 atom stereocenters. The number of alkyl halides is 3. The Bertz CT molecular complexity index is 1030. The van der Waals surface area contributed by atoms with Crippen molar-refractivity contribution in [2.75, 3.05) is 0 Å². The summed E-state index contributed by atoms with van der Waals surface area (Å²) in [5.74, 6) is -1.10. The molecule has 0 fully saturated rings. The summed E-state index contributed by atoms with van der Waals surface area (Å²) in [6.07, 6.45) is -3.18. The van der Waals surface area contributed by atoms with E-state index in [2.05, 4.69) is 5.10 Å². The van der Waals surface area contributed by atoms with E-state index in [-0.39, 0.29) is 5.69 Å². The fraction of sp³-hybridized carbons (Fsp3) is 0.238. The molecule has 3 aromatic rings. The van der Waals surface area contributed by atoms with Crippen molar-refractivity contribution in [3.63, 3.8) is 0 Å². The molecule has 8 heteroatoms. The number of rotatable bonds is 6. The Morgan fingerprint density at radius 3 is 2.34 bits per heavy atom. The maximum atomic E-state index is 12.7. The number of carboxylic acids is 1. The Morgan fingerprint density at radius 2 is 1.76 bits per heavy atom. The summed E-state index contributed by atoms with van der Waals surface area (Å²) < 4.78 is 39.7. The number of aryl methyl sites for hydroxylation is 3. The molecule has 3 rings (SSSR count). The predicted molar refractivity (Wildman–Crippen MR) is 104 cm³/mol. The zero-order valence-corrected chi connectivity index (χ0v) is 15.7. The Labute approximate surface area is 167 Å². The minimum absolute atomic E-state index is 0.0299. The molecule has 0 saturated heterocycles. The number of carboxylic acid groups (broad SMARTS) is 1. The average Bonchev–Trinajstić information content (AvgIpc) is 3.02. The van der Waals surface area contributed by atoms with E-state index in [1.54, 1.807) is 17.7 Å². The van der Waals surface area contributed by atoms with Gasteiger partial charge in [0.1, 0.15) is 7.85 Å². The minimum atomic E-state index is -4.35. The predicted octanol–water partition coefficient (Wildman–Crippen LogP) is 3.54. The second-order valence-electron chi connectivity index (χ2n) is 6.86. The molecule has 0 amide bonds. The van der Waals surface area contributed by atoms with Crippen LogP contribution in [0.5, 0.6) is 0 Å². The SMILES string of the molecule is [B]c1ccc(CCc2ccc(C(F)(F)F)cc2)c(Cn2nc(C(=O)O)cc2C)c1. The van der Waals surface area contributed by atoms with Crippen molar-refractivity contribution in [1.29, 1.82) is 0 Å². The minimum Gasteiger partial charge on any atom is -0.476 e. The number of benzene rings is 2. The third kappa shape index (κ3) is 5.07. The maximum Gasteiger partial charge on any atom is 0.416 e. The van der Waals surface area contributed by atoms with Crippen molar-refractivity contribution < 1.29 is 23.1 Å². The Hall–Kier alpha value is -3.03. The average molecular weight is 398 g/mol. The summed E-state index contributed by atoms with van der Waals surface area (Å²) >= 11 is 0. The number of carbonyl (C=O) groups is 1. The van der Waals surface area contributed by atoms with Gasteiger partial charge in [0.25, 0.3) is 0 Å². The van der Waals surface area contributed by atoms with E-state index >= 15 is 0 Å². The lowest BCUT2D eigenvalue weighted by molar-refractivity contribution is -0.137. The quantitative estimate of drug-likeness (QED) is 0.647. The standard InChI is InChI=1S/C21H18BF3N2O2/c1-13-10-19(20(28)29)26-27(13)12-16-11-18(22)9-6-15(16)5-2-14-3-7-17(8-4-14)21(23,24)25/h3-4,6-11H,2,5,12H2,1H3,(H,28,29). The largest absolute Gasteiger partial charge is 0.476 e. The van der Waals surface area contributed by atoms with Crippen LogP contribution >= 0.6 is 0 Å². The highest BCUT2D eigenvalue weighted by atomic mass is 19.4. The molecular weight excluding hydrogens is 380 g/mol. The topological polar surface area (TPSA) is 55.1 Å². The normalized spacial score (nSPS) is 11.6. The number of nitrogens with zero attached hydrogens (tertiary/aromatic N) is 2. The molecule has 0 bridgehead atoms. The van der Waals surface area contributed by atoms with E-state index in [0.717, 1.165) is 28.8 Å². The van der Waals surface area contributed by atoms with Gasteiger partial charge >= 0.3 is 12.1 Å². The Balaban J connectivity index is 1.78. The van der Waals surface area contributed by atoms with Gasteiger partial charge < -0.3 is 5.11 Å². The van der Waals surface area contributed by atoms with Crippen molar-refractivity contribution in [3.8, 4) is 0 Å². The van der Waals surface area contributed by atoms with Crippen LogP contribution in [0.15, 0.2) is 48.5 Å². The lowest BCUT2D eigenvalue weighted by Crippen LogP contribution is -2.12. The van der Waals surface area contributed by atoms with Gasteiger partial charge in [-0.1, -0.05) is 35.8 Å². The van der Waals surface area contributed by atoms with Gasteiger partial charge in [-0.05, 0) is 54.7 Å². The lowest BCUT2D eigenvalue weighted by atomic mass is 9.90. The maximum absolute atomic E-state index is 12.7. The highest BCUT2D eigenvalue weighted by Gasteiger charge is 2.29. The molecule has 0 aliphatic carbocycles. The number of aromatic carboxylic acids is 1. The molecule has 2 radical (unpaired) electrons. The first-order valence-corrected chi connectivity index (χ1v) is 8.94. The summed E-state index contributed by atoms with van der Waals surface area (Å²) in [6, 6.07) is 12.1. The number of aromatic nitrogens is 2. The first kappa shape index (κ1) is 20.7. The van der Waals surface area contributed by atoms with E-state index < -0.39 is 17.7 Å². The van der Waals surface area contributed by atoms with Crippen molar-refractivity contribution >= 4 is 19.3 Å². The second kappa shape index (κ2) is 8.15.